The Kier molecular flexibility index (Phi) is 4.22. The van der Waals surface area contributed by atoms with Crippen molar-refractivity contribution in [2.75, 3.05) is 12.3 Å². The standard InChI is InChI=1S/C12H12N2O2S2/c1-2-16-11(15)8-3-4-10(9(13)7-8)18-12-14-5-6-17-12/h3-7H,2,13H2,1H3. The Morgan fingerprint density at radius 1 is 1.56 bits per heavy atom. The number of hydrogen-bond donors (Lipinski definition) is 1. The molecule has 18 heavy (non-hydrogen) atoms. The summed E-state index contributed by atoms with van der Waals surface area (Å²) in [7, 11) is 0. The van der Waals surface area contributed by atoms with Gasteiger partial charge in [-0.25, -0.2) is 9.78 Å². The summed E-state index contributed by atoms with van der Waals surface area (Å²) < 4.78 is 5.84. The van der Waals surface area contributed by atoms with Crippen molar-refractivity contribution in [1.29, 1.82) is 0 Å². The van der Waals surface area contributed by atoms with Gasteiger partial charge in [-0.3, -0.25) is 0 Å². The normalized spacial score (nSPS) is 10.3. The first kappa shape index (κ1) is 12.9. The topological polar surface area (TPSA) is 65.2 Å². The number of nitrogens with two attached hydrogens (primary N) is 1. The lowest BCUT2D eigenvalue weighted by Gasteiger charge is -2.06. The number of benzene rings is 1. The molecule has 2 aromatic rings. The molecule has 2 rings (SSSR count). The van der Waals surface area contributed by atoms with Crippen molar-refractivity contribution < 1.29 is 9.53 Å². The molecule has 0 saturated carbocycles. The molecule has 0 saturated heterocycles. The van der Waals surface area contributed by atoms with Gasteiger partial charge in [0, 0.05) is 22.2 Å². The number of rotatable bonds is 4. The highest BCUT2D eigenvalue weighted by molar-refractivity contribution is 8.01. The quantitative estimate of drug-likeness (QED) is 0.688. The van der Waals surface area contributed by atoms with E-state index in [2.05, 4.69) is 4.98 Å². The molecule has 0 aliphatic heterocycles. The third-order valence-electron chi connectivity index (χ3n) is 2.13. The number of ether oxygens (including phenoxy) is 1. The van der Waals surface area contributed by atoms with E-state index in [1.807, 2.05) is 11.4 Å². The molecular formula is C12H12N2O2S2. The van der Waals surface area contributed by atoms with E-state index >= 15 is 0 Å². The Balaban J connectivity index is 2.17. The van der Waals surface area contributed by atoms with Gasteiger partial charge in [0.15, 0.2) is 4.34 Å². The maximum Gasteiger partial charge on any atom is 0.338 e. The van der Waals surface area contributed by atoms with Crippen molar-refractivity contribution in [2.45, 2.75) is 16.2 Å². The third kappa shape index (κ3) is 3.02. The van der Waals surface area contributed by atoms with Crippen LogP contribution in [0.25, 0.3) is 0 Å². The molecule has 1 aromatic carbocycles. The van der Waals surface area contributed by atoms with Gasteiger partial charge in [-0.15, -0.1) is 11.3 Å². The molecule has 0 bridgehead atoms. The molecule has 0 unspecified atom stereocenters. The van der Waals surface area contributed by atoms with Crippen molar-refractivity contribution in [3.8, 4) is 0 Å². The van der Waals surface area contributed by atoms with E-state index in [-0.39, 0.29) is 5.97 Å². The third-order valence-corrected chi connectivity index (χ3v) is 4.10. The second-order valence-corrected chi connectivity index (χ2v) is 5.56. The van der Waals surface area contributed by atoms with Crippen molar-refractivity contribution in [2.24, 2.45) is 0 Å². The molecule has 0 spiro atoms. The second-order valence-electron chi connectivity index (χ2n) is 3.37. The summed E-state index contributed by atoms with van der Waals surface area (Å²) in [4.78, 5) is 16.6. The Labute approximate surface area is 113 Å². The Morgan fingerprint density at radius 3 is 3.00 bits per heavy atom. The van der Waals surface area contributed by atoms with Crippen LogP contribution >= 0.6 is 23.1 Å². The van der Waals surface area contributed by atoms with Crippen LogP contribution in [0.3, 0.4) is 0 Å². The highest BCUT2D eigenvalue weighted by Gasteiger charge is 2.10. The van der Waals surface area contributed by atoms with Crippen LogP contribution in [-0.4, -0.2) is 17.6 Å². The van der Waals surface area contributed by atoms with Crippen LogP contribution in [0.1, 0.15) is 17.3 Å². The Morgan fingerprint density at radius 2 is 2.39 bits per heavy atom. The zero-order valence-corrected chi connectivity index (χ0v) is 11.4. The summed E-state index contributed by atoms with van der Waals surface area (Å²) in [5, 5.41) is 1.91. The van der Waals surface area contributed by atoms with Crippen LogP contribution in [-0.2, 0) is 4.74 Å². The van der Waals surface area contributed by atoms with Crippen LogP contribution in [0.5, 0.6) is 0 Å². The van der Waals surface area contributed by atoms with E-state index in [0.29, 0.717) is 17.9 Å². The molecule has 1 aromatic heterocycles. The maximum atomic E-state index is 11.5. The molecule has 0 atom stereocenters. The number of hydrogen-bond acceptors (Lipinski definition) is 6. The summed E-state index contributed by atoms with van der Waals surface area (Å²) in [6, 6.07) is 5.16. The van der Waals surface area contributed by atoms with Gasteiger partial charge in [-0.2, -0.15) is 0 Å². The molecule has 2 N–H and O–H groups in total. The summed E-state index contributed by atoms with van der Waals surface area (Å²) >= 11 is 3.03. The second kappa shape index (κ2) is 5.88. The van der Waals surface area contributed by atoms with Gasteiger partial charge in [0.2, 0.25) is 0 Å². The molecule has 1 heterocycles. The molecule has 4 nitrogen and oxygen atoms in total. The van der Waals surface area contributed by atoms with Crippen LogP contribution in [0.15, 0.2) is 39.0 Å². The first-order valence-electron chi connectivity index (χ1n) is 5.34. The zero-order chi connectivity index (χ0) is 13.0. The Bertz CT molecular complexity index is 541. The molecule has 0 radical (unpaired) electrons. The summed E-state index contributed by atoms with van der Waals surface area (Å²) in [5.74, 6) is -0.352. The van der Waals surface area contributed by atoms with Crippen molar-refractivity contribution in [3.63, 3.8) is 0 Å². The van der Waals surface area contributed by atoms with Crippen LogP contribution < -0.4 is 5.73 Å². The van der Waals surface area contributed by atoms with Crippen LogP contribution in [0, 0.1) is 0 Å². The predicted molar refractivity (Wildman–Crippen MR) is 73.0 cm³/mol. The lowest BCUT2D eigenvalue weighted by molar-refractivity contribution is 0.0526. The highest BCUT2D eigenvalue weighted by atomic mass is 32.2. The molecule has 0 aliphatic carbocycles. The summed E-state index contributed by atoms with van der Waals surface area (Å²) in [6.07, 6.45) is 1.75. The largest absolute Gasteiger partial charge is 0.462 e. The SMILES string of the molecule is CCOC(=O)c1ccc(Sc2nccs2)c(N)c1. The van der Waals surface area contributed by atoms with Gasteiger partial charge >= 0.3 is 5.97 Å². The molecule has 6 heteroatoms. The monoisotopic (exact) mass is 280 g/mol. The van der Waals surface area contributed by atoms with Crippen molar-refractivity contribution >= 4 is 34.8 Å². The average Bonchev–Trinajstić information content (AvgIpc) is 2.85. The van der Waals surface area contributed by atoms with Gasteiger partial charge in [-0.1, -0.05) is 11.8 Å². The van der Waals surface area contributed by atoms with E-state index in [1.165, 1.54) is 11.8 Å². The number of thiazole rings is 1. The fourth-order valence-electron chi connectivity index (χ4n) is 1.34. The first-order chi connectivity index (χ1) is 8.70. The fraction of sp³-hybridized carbons (Fsp3) is 0.167. The summed E-state index contributed by atoms with van der Waals surface area (Å²) in [6.45, 7) is 2.13. The minimum Gasteiger partial charge on any atom is -0.462 e. The molecule has 94 valence electrons. The van der Waals surface area contributed by atoms with Gasteiger partial charge in [-0.05, 0) is 25.1 Å². The zero-order valence-electron chi connectivity index (χ0n) is 9.75. The van der Waals surface area contributed by atoms with E-state index in [4.69, 9.17) is 10.5 Å². The molecule has 0 aliphatic rings. The van der Waals surface area contributed by atoms with E-state index < -0.39 is 0 Å². The lowest BCUT2D eigenvalue weighted by atomic mass is 10.2. The number of carbonyl (C=O) groups is 1. The first-order valence-corrected chi connectivity index (χ1v) is 7.04. The average molecular weight is 280 g/mol. The van der Waals surface area contributed by atoms with Gasteiger partial charge in [0.1, 0.15) is 0 Å². The number of carbonyl (C=O) groups excluding carboxylic acids is 1. The molecular weight excluding hydrogens is 268 g/mol. The molecule has 0 fully saturated rings. The van der Waals surface area contributed by atoms with Crippen LogP contribution in [0.4, 0.5) is 5.69 Å². The van der Waals surface area contributed by atoms with Gasteiger partial charge in [0.25, 0.3) is 0 Å². The number of aromatic nitrogens is 1. The van der Waals surface area contributed by atoms with Gasteiger partial charge < -0.3 is 10.5 Å². The minimum absolute atomic E-state index is 0.352. The van der Waals surface area contributed by atoms with Crippen molar-refractivity contribution in [3.05, 3.63) is 35.3 Å². The maximum absolute atomic E-state index is 11.5. The van der Waals surface area contributed by atoms with E-state index in [1.54, 1.807) is 36.6 Å². The number of anilines is 1. The molecule has 0 amide bonds. The van der Waals surface area contributed by atoms with E-state index in [9.17, 15) is 4.79 Å². The number of esters is 1. The Hall–Kier alpha value is -1.53. The van der Waals surface area contributed by atoms with Crippen LogP contribution in [0.2, 0.25) is 0 Å². The smallest absolute Gasteiger partial charge is 0.338 e. The number of nitrogens with zero attached hydrogens (tertiary/aromatic N) is 1. The number of nitrogen functional groups attached to an aromatic ring is 1. The highest BCUT2D eigenvalue weighted by Crippen LogP contribution is 2.33. The van der Waals surface area contributed by atoms with Gasteiger partial charge in [0.05, 0.1) is 12.2 Å². The van der Waals surface area contributed by atoms with E-state index in [0.717, 1.165) is 9.24 Å². The van der Waals surface area contributed by atoms with Crippen molar-refractivity contribution in [1.82, 2.24) is 4.98 Å². The fourth-order valence-corrected chi connectivity index (χ4v) is 2.94. The summed E-state index contributed by atoms with van der Waals surface area (Å²) in [5.41, 5.74) is 6.95. The lowest BCUT2D eigenvalue weighted by Crippen LogP contribution is -2.05. The predicted octanol–water partition coefficient (Wildman–Crippen LogP) is 3.05. The minimum atomic E-state index is -0.352.